The van der Waals surface area contributed by atoms with Gasteiger partial charge < -0.3 is 14.7 Å². The normalized spacial score (nSPS) is 21.2. The monoisotopic (exact) mass is 447 g/mol. The number of hydrogen-bond acceptors (Lipinski definition) is 5. The van der Waals surface area contributed by atoms with Crippen molar-refractivity contribution < 1.29 is 9.59 Å². The summed E-state index contributed by atoms with van der Waals surface area (Å²) in [6, 6.07) is 11.9. The van der Waals surface area contributed by atoms with Gasteiger partial charge in [-0.2, -0.15) is 0 Å². The second-order valence-electron chi connectivity index (χ2n) is 9.50. The zero-order valence-electron chi connectivity index (χ0n) is 19.4. The van der Waals surface area contributed by atoms with Crippen LogP contribution in [0.3, 0.4) is 0 Å². The van der Waals surface area contributed by atoms with Gasteiger partial charge in [0.25, 0.3) is 5.91 Å². The molecule has 5 rings (SSSR count). The number of hydrogen-bond donors (Lipinski definition) is 0. The number of pyridine rings is 1. The van der Waals surface area contributed by atoms with Crippen molar-refractivity contribution in [3.63, 3.8) is 0 Å². The van der Waals surface area contributed by atoms with E-state index in [1.807, 2.05) is 41.4 Å². The van der Waals surface area contributed by atoms with Gasteiger partial charge in [-0.25, -0.2) is 4.98 Å². The van der Waals surface area contributed by atoms with Crippen molar-refractivity contribution in [1.82, 2.24) is 14.8 Å². The van der Waals surface area contributed by atoms with Gasteiger partial charge in [0.1, 0.15) is 5.82 Å². The van der Waals surface area contributed by atoms with Gasteiger partial charge in [-0.15, -0.1) is 0 Å². The standard InChI is InChI=1S/C26H33N5O2/c1-20(32)31-12-9-22-17-23(7-8-24(22)31)26(33)30-11-4-5-21(19-30)18-28-13-15-29(16-14-28)25-6-2-3-10-27-25/h2-3,6-8,10,17,21H,4-5,9,11-16,18-19H2,1H3. The molecule has 1 aromatic heterocycles. The predicted octanol–water partition coefficient (Wildman–Crippen LogP) is 2.67. The van der Waals surface area contributed by atoms with Gasteiger partial charge in [0.05, 0.1) is 0 Å². The first-order chi connectivity index (χ1) is 16.1. The lowest BCUT2D eigenvalue weighted by Crippen LogP contribution is -2.50. The summed E-state index contributed by atoms with van der Waals surface area (Å²) < 4.78 is 0. The van der Waals surface area contributed by atoms with Crippen LogP contribution in [-0.4, -0.2) is 79.0 Å². The minimum atomic E-state index is 0.0626. The average Bonchev–Trinajstić information content (AvgIpc) is 3.28. The van der Waals surface area contributed by atoms with E-state index < -0.39 is 0 Å². The Hall–Kier alpha value is -2.93. The van der Waals surface area contributed by atoms with Crippen molar-refractivity contribution in [2.24, 2.45) is 5.92 Å². The number of aromatic nitrogens is 1. The number of benzene rings is 1. The number of nitrogens with zero attached hydrogens (tertiary/aromatic N) is 5. The number of fused-ring (bicyclic) bond motifs is 1. The van der Waals surface area contributed by atoms with Gasteiger partial charge in [0, 0.05) is 76.7 Å². The number of piperazine rings is 1. The molecule has 2 saturated heterocycles. The third-order valence-corrected chi connectivity index (χ3v) is 7.27. The summed E-state index contributed by atoms with van der Waals surface area (Å²) in [5.74, 6) is 1.77. The molecular weight excluding hydrogens is 414 g/mol. The van der Waals surface area contributed by atoms with Crippen LogP contribution in [0.1, 0.15) is 35.7 Å². The van der Waals surface area contributed by atoms with E-state index in [1.54, 1.807) is 11.8 Å². The zero-order chi connectivity index (χ0) is 22.8. The number of amides is 2. The maximum Gasteiger partial charge on any atom is 0.253 e. The molecule has 2 aromatic rings. The van der Waals surface area contributed by atoms with Crippen LogP contribution in [-0.2, 0) is 11.2 Å². The first-order valence-corrected chi connectivity index (χ1v) is 12.2. The van der Waals surface area contributed by atoms with Crippen LogP contribution in [0.5, 0.6) is 0 Å². The van der Waals surface area contributed by atoms with Gasteiger partial charge in [-0.05, 0) is 61.1 Å². The maximum atomic E-state index is 13.3. The summed E-state index contributed by atoms with van der Waals surface area (Å²) in [4.78, 5) is 38.3. The quantitative estimate of drug-likeness (QED) is 0.721. The molecule has 33 heavy (non-hydrogen) atoms. The molecular formula is C26H33N5O2. The van der Waals surface area contributed by atoms with Crippen LogP contribution in [0, 0.1) is 5.92 Å². The van der Waals surface area contributed by atoms with Crippen LogP contribution in [0.2, 0.25) is 0 Å². The number of carbonyl (C=O) groups is 2. The summed E-state index contributed by atoms with van der Waals surface area (Å²) in [5.41, 5.74) is 2.82. The average molecular weight is 448 g/mol. The highest BCUT2D eigenvalue weighted by molar-refractivity contribution is 5.98. The Morgan fingerprint density at radius 1 is 1.03 bits per heavy atom. The Bertz CT molecular complexity index is 1000. The number of likely N-dealkylation sites (tertiary alicyclic amines) is 1. The van der Waals surface area contributed by atoms with Crippen molar-refractivity contribution in [3.05, 3.63) is 53.7 Å². The summed E-state index contributed by atoms with van der Waals surface area (Å²) in [6.45, 7) is 9.10. The van der Waals surface area contributed by atoms with E-state index in [1.165, 1.54) is 6.42 Å². The molecule has 3 aliphatic heterocycles. The number of piperidine rings is 1. The van der Waals surface area contributed by atoms with Crippen LogP contribution >= 0.6 is 0 Å². The highest BCUT2D eigenvalue weighted by atomic mass is 16.2. The van der Waals surface area contributed by atoms with Gasteiger partial charge in [-0.1, -0.05) is 6.07 Å². The van der Waals surface area contributed by atoms with E-state index in [-0.39, 0.29) is 11.8 Å². The Morgan fingerprint density at radius 3 is 2.64 bits per heavy atom. The number of rotatable bonds is 4. The molecule has 0 bridgehead atoms. The molecule has 4 heterocycles. The van der Waals surface area contributed by atoms with Crippen molar-refractivity contribution in [1.29, 1.82) is 0 Å². The van der Waals surface area contributed by atoms with Crippen molar-refractivity contribution >= 4 is 23.3 Å². The molecule has 2 fully saturated rings. The molecule has 0 N–H and O–H groups in total. The van der Waals surface area contributed by atoms with Crippen LogP contribution in [0.4, 0.5) is 11.5 Å². The highest BCUT2D eigenvalue weighted by Gasteiger charge is 2.29. The third-order valence-electron chi connectivity index (χ3n) is 7.27. The van der Waals surface area contributed by atoms with Crippen LogP contribution in [0.25, 0.3) is 0 Å². The minimum absolute atomic E-state index is 0.0626. The van der Waals surface area contributed by atoms with E-state index in [4.69, 9.17) is 0 Å². The Balaban J connectivity index is 1.16. The van der Waals surface area contributed by atoms with E-state index >= 15 is 0 Å². The number of carbonyl (C=O) groups excluding carboxylic acids is 2. The lowest BCUT2D eigenvalue weighted by molar-refractivity contribution is -0.116. The van der Waals surface area contributed by atoms with Crippen LogP contribution in [0.15, 0.2) is 42.6 Å². The van der Waals surface area contributed by atoms with Gasteiger partial charge in [0.2, 0.25) is 5.91 Å². The molecule has 7 nitrogen and oxygen atoms in total. The van der Waals surface area contributed by atoms with Crippen molar-refractivity contribution in [3.8, 4) is 0 Å². The van der Waals surface area contributed by atoms with Gasteiger partial charge in [-0.3, -0.25) is 14.5 Å². The second kappa shape index (κ2) is 9.51. The van der Waals surface area contributed by atoms with Crippen LogP contribution < -0.4 is 9.80 Å². The number of anilines is 2. The minimum Gasteiger partial charge on any atom is -0.354 e. The smallest absolute Gasteiger partial charge is 0.253 e. The Morgan fingerprint density at radius 2 is 1.88 bits per heavy atom. The summed E-state index contributed by atoms with van der Waals surface area (Å²) in [7, 11) is 0. The summed E-state index contributed by atoms with van der Waals surface area (Å²) >= 11 is 0. The molecule has 0 aliphatic carbocycles. The topological polar surface area (TPSA) is 60.0 Å². The van der Waals surface area contributed by atoms with Crippen molar-refractivity contribution in [2.75, 3.05) is 62.2 Å². The summed E-state index contributed by atoms with van der Waals surface area (Å²) in [6.07, 6.45) is 4.92. The third kappa shape index (κ3) is 4.74. The Labute approximate surface area is 196 Å². The molecule has 174 valence electrons. The fraction of sp³-hybridized carbons (Fsp3) is 0.500. The summed E-state index contributed by atoms with van der Waals surface area (Å²) in [5, 5.41) is 0. The Kier molecular flexibility index (Phi) is 6.31. The maximum absolute atomic E-state index is 13.3. The largest absolute Gasteiger partial charge is 0.354 e. The molecule has 0 radical (unpaired) electrons. The molecule has 0 spiro atoms. The molecule has 3 aliphatic rings. The fourth-order valence-electron chi connectivity index (χ4n) is 5.51. The second-order valence-corrected chi connectivity index (χ2v) is 9.50. The van der Waals surface area contributed by atoms with Gasteiger partial charge >= 0.3 is 0 Å². The van der Waals surface area contributed by atoms with E-state index in [2.05, 4.69) is 20.9 Å². The molecule has 2 amide bonds. The zero-order valence-corrected chi connectivity index (χ0v) is 19.4. The SMILES string of the molecule is CC(=O)N1CCc2cc(C(=O)N3CCCC(CN4CCN(c5ccccn5)CC4)C3)ccc21. The molecule has 1 unspecified atom stereocenters. The lowest BCUT2D eigenvalue weighted by atomic mass is 9.96. The van der Waals surface area contributed by atoms with E-state index in [0.29, 0.717) is 12.5 Å². The lowest BCUT2D eigenvalue weighted by Gasteiger charge is -2.39. The highest BCUT2D eigenvalue weighted by Crippen LogP contribution is 2.30. The fourth-order valence-corrected chi connectivity index (χ4v) is 5.51. The van der Waals surface area contributed by atoms with Gasteiger partial charge in [0.15, 0.2) is 0 Å². The molecule has 0 saturated carbocycles. The molecule has 7 heteroatoms. The first kappa shape index (κ1) is 21.9. The molecule has 1 aromatic carbocycles. The van der Waals surface area contributed by atoms with E-state index in [0.717, 1.165) is 81.3 Å². The van der Waals surface area contributed by atoms with Crippen molar-refractivity contribution in [2.45, 2.75) is 26.2 Å². The van der Waals surface area contributed by atoms with E-state index in [9.17, 15) is 9.59 Å². The predicted molar refractivity (Wildman–Crippen MR) is 130 cm³/mol. The first-order valence-electron chi connectivity index (χ1n) is 12.2. The molecule has 1 atom stereocenters.